The molecule has 0 unspecified atom stereocenters. The van der Waals surface area contributed by atoms with Gasteiger partial charge >= 0.3 is 0 Å². The lowest BCUT2D eigenvalue weighted by molar-refractivity contribution is -0.0101. The highest BCUT2D eigenvalue weighted by Gasteiger charge is 2.51. The van der Waals surface area contributed by atoms with Crippen LogP contribution in [0.5, 0.6) is 0 Å². The van der Waals surface area contributed by atoms with Crippen molar-refractivity contribution in [1.29, 1.82) is 0 Å². The first-order chi connectivity index (χ1) is 9.69. The Bertz CT molecular complexity index is 318. The number of unbranched alkanes of at least 4 members (excludes halogenated alkanes) is 3. The summed E-state index contributed by atoms with van der Waals surface area (Å²) in [6.45, 7) is 3.30. The maximum Gasteiger partial charge on any atom is 0.166 e. The van der Waals surface area contributed by atoms with Gasteiger partial charge < -0.3 is 10.6 Å². The zero-order valence-corrected chi connectivity index (χ0v) is 13.7. The van der Waals surface area contributed by atoms with Gasteiger partial charge in [0.05, 0.1) is 0 Å². The van der Waals surface area contributed by atoms with Gasteiger partial charge in [-0.25, -0.2) is 0 Å². The fraction of sp³-hybridized carbons (Fsp3) is 0.941. The minimum atomic E-state index is 0.363. The number of thiocarbonyl (C=S) groups is 1. The molecule has 4 aliphatic rings. The molecule has 0 atom stereocenters. The molecule has 0 saturated heterocycles. The molecule has 20 heavy (non-hydrogen) atoms. The van der Waals surface area contributed by atoms with Crippen LogP contribution in [0.3, 0.4) is 0 Å². The van der Waals surface area contributed by atoms with E-state index in [9.17, 15) is 0 Å². The Labute approximate surface area is 129 Å². The summed E-state index contributed by atoms with van der Waals surface area (Å²) in [6.07, 6.45) is 13.8. The molecule has 0 heterocycles. The van der Waals surface area contributed by atoms with Gasteiger partial charge in [-0.3, -0.25) is 0 Å². The monoisotopic (exact) mass is 294 g/mol. The largest absolute Gasteiger partial charge is 0.363 e. The fourth-order valence-electron chi connectivity index (χ4n) is 5.30. The van der Waals surface area contributed by atoms with Gasteiger partial charge in [-0.15, -0.1) is 0 Å². The number of hydrogen-bond donors (Lipinski definition) is 2. The summed E-state index contributed by atoms with van der Waals surface area (Å²) in [4.78, 5) is 0. The maximum absolute atomic E-state index is 5.54. The minimum Gasteiger partial charge on any atom is -0.363 e. The van der Waals surface area contributed by atoms with Gasteiger partial charge in [0.2, 0.25) is 0 Å². The molecule has 114 valence electrons. The van der Waals surface area contributed by atoms with E-state index in [4.69, 9.17) is 12.2 Å². The van der Waals surface area contributed by atoms with E-state index in [0.29, 0.717) is 5.54 Å². The molecule has 2 nitrogen and oxygen atoms in total. The van der Waals surface area contributed by atoms with E-state index in [1.165, 1.54) is 64.2 Å². The molecule has 3 heteroatoms. The molecule has 2 N–H and O–H groups in total. The van der Waals surface area contributed by atoms with E-state index in [0.717, 1.165) is 29.4 Å². The van der Waals surface area contributed by atoms with Crippen LogP contribution in [0.25, 0.3) is 0 Å². The third kappa shape index (κ3) is 3.29. The van der Waals surface area contributed by atoms with Crippen LogP contribution in [0.2, 0.25) is 0 Å². The van der Waals surface area contributed by atoms with Crippen LogP contribution in [-0.4, -0.2) is 17.2 Å². The first kappa shape index (κ1) is 14.6. The van der Waals surface area contributed by atoms with E-state index < -0.39 is 0 Å². The van der Waals surface area contributed by atoms with Crippen molar-refractivity contribution in [3.05, 3.63) is 0 Å². The van der Waals surface area contributed by atoms with E-state index in [-0.39, 0.29) is 0 Å². The van der Waals surface area contributed by atoms with Crippen LogP contribution < -0.4 is 10.6 Å². The molecule has 4 saturated carbocycles. The molecule has 4 rings (SSSR count). The fourth-order valence-corrected chi connectivity index (χ4v) is 5.62. The zero-order valence-electron chi connectivity index (χ0n) is 12.9. The second kappa shape index (κ2) is 6.21. The van der Waals surface area contributed by atoms with E-state index in [1.807, 2.05) is 0 Å². The van der Waals surface area contributed by atoms with Crippen molar-refractivity contribution in [2.75, 3.05) is 6.54 Å². The quantitative estimate of drug-likeness (QED) is 0.572. The Balaban J connectivity index is 1.44. The molecule has 0 aromatic rings. The van der Waals surface area contributed by atoms with Crippen molar-refractivity contribution in [2.45, 2.75) is 76.7 Å². The van der Waals surface area contributed by atoms with Crippen molar-refractivity contribution >= 4 is 17.3 Å². The standard InChI is InChI=1S/C17H30N2S/c1-2-3-4-5-6-18-16(20)19-17-10-13-7-14(11-17)9-15(8-13)12-17/h13-15H,2-12H2,1H3,(H2,18,19,20). The molecule has 0 aliphatic heterocycles. The average molecular weight is 295 g/mol. The molecular weight excluding hydrogens is 264 g/mol. The molecule has 0 spiro atoms. The highest BCUT2D eigenvalue weighted by Crippen LogP contribution is 2.55. The lowest BCUT2D eigenvalue weighted by atomic mass is 9.53. The summed E-state index contributed by atoms with van der Waals surface area (Å²) >= 11 is 5.54. The minimum absolute atomic E-state index is 0.363. The van der Waals surface area contributed by atoms with Crippen molar-refractivity contribution in [3.8, 4) is 0 Å². The highest BCUT2D eigenvalue weighted by atomic mass is 32.1. The van der Waals surface area contributed by atoms with Gasteiger partial charge in [0.1, 0.15) is 0 Å². The molecule has 4 bridgehead atoms. The molecule has 4 fully saturated rings. The first-order valence-electron chi connectivity index (χ1n) is 8.75. The van der Waals surface area contributed by atoms with Crippen LogP contribution in [0.1, 0.15) is 71.1 Å². The molecular formula is C17H30N2S. The highest BCUT2D eigenvalue weighted by molar-refractivity contribution is 7.80. The predicted octanol–water partition coefficient (Wildman–Crippen LogP) is 4.00. The lowest BCUT2D eigenvalue weighted by Crippen LogP contribution is -2.61. The summed E-state index contributed by atoms with van der Waals surface area (Å²) in [5.74, 6) is 2.96. The number of hydrogen-bond acceptors (Lipinski definition) is 1. The normalized spacial score (nSPS) is 38.0. The van der Waals surface area contributed by atoms with Gasteiger partial charge in [0, 0.05) is 12.1 Å². The predicted molar refractivity (Wildman–Crippen MR) is 88.8 cm³/mol. The zero-order chi connectivity index (χ0) is 14.0. The van der Waals surface area contributed by atoms with Gasteiger partial charge in [0.15, 0.2) is 5.11 Å². The topological polar surface area (TPSA) is 24.1 Å². The van der Waals surface area contributed by atoms with Crippen LogP contribution in [0, 0.1) is 17.8 Å². The number of nitrogens with one attached hydrogen (secondary N) is 2. The molecule has 0 aromatic carbocycles. The van der Waals surface area contributed by atoms with Gasteiger partial charge in [-0.1, -0.05) is 26.2 Å². The Hall–Kier alpha value is -0.310. The third-order valence-corrected chi connectivity index (χ3v) is 5.98. The summed E-state index contributed by atoms with van der Waals surface area (Å²) in [7, 11) is 0. The smallest absolute Gasteiger partial charge is 0.166 e. The van der Waals surface area contributed by atoms with Gasteiger partial charge in [-0.05, 0) is 74.9 Å². The second-order valence-corrected chi connectivity index (χ2v) is 8.05. The van der Waals surface area contributed by atoms with Crippen molar-refractivity contribution < 1.29 is 0 Å². The summed E-state index contributed by atoms with van der Waals surface area (Å²) in [5.41, 5.74) is 0.363. The van der Waals surface area contributed by atoms with E-state index in [2.05, 4.69) is 17.6 Å². The van der Waals surface area contributed by atoms with Crippen LogP contribution in [-0.2, 0) is 0 Å². The molecule has 4 aliphatic carbocycles. The maximum atomic E-state index is 5.54. The Morgan fingerprint density at radius 3 is 2.15 bits per heavy atom. The molecule has 0 amide bonds. The molecule has 0 radical (unpaired) electrons. The van der Waals surface area contributed by atoms with Crippen molar-refractivity contribution in [2.24, 2.45) is 17.8 Å². The number of rotatable bonds is 6. The Morgan fingerprint density at radius 2 is 1.60 bits per heavy atom. The second-order valence-electron chi connectivity index (χ2n) is 7.64. The molecule has 0 aromatic heterocycles. The average Bonchev–Trinajstić information content (AvgIpc) is 2.36. The van der Waals surface area contributed by atoms with Crippen molar-refractivity contribution in [1.82, 2.24) is 10.6 Å². The van der Waals surface area contributed by atoms with Gasteiger partial charge in [0.25, 0.3) is 0 Å². The van der Waals surface area contributed by atoms with E-state index in [1.54, 1.807) is 0 Å². The van der Waals surface area contributed by atoms with Crippen LogP contribution in [0.4, 0.5) is 0 Å². The first-order valence-corrected chi connectivity index (χ1v) is 9.16. The summed E-state index contributed by atoms with van der Waals surface area (Å²) in [6, 6.07) is 0. The van der Waals surface area contributed by atoms with Gasteiger partial charge in [-0.2, -0.15) is 0 Å². The third-order valence-electron chi connectivity index (χ3n) is 5.73. The summed E-state index contributed by atoms with van der Waals surface area (Å²) < 4.78 is 0. The Kier molecular flexibility index (Phi) is 4.54. The summed E-state index contributed by atoms with van der Waals surface area (Å²) in [5, 5.41) is 8.09. The lowest BCUT2D eigenvalue weighted by Gasteiger charge is -2.57. The Morgan fingerprint density at radius 1 is 1.00 bits per heavy atom. The SMILES string of the molecule is CCCCCCNC(=S)NC12CC3CC(CC(C3)C1)C2. The van der Waals surface area contributed by atoms with Crippen LogP contribution >= 0.6 is 12.2 Å². The van der Waals surface area contributed by atoms with Crippen LogP contribution in [0.15, 0.2) is 0 Å². The van der Waals surface area contributed by atoms with E-state index >= 15 is 0 Å². The van der Waals surface area contributed by atoms with Crippen molar-refractivity contribution in [3.63, 3.8) is 0 Å².